The predicted molar refractivity (Wildman–Crippen MR) is 93.2 cm³/mol. The van der Waals surface area contributed by atoms with Crippen LogP contribution in [-0.2, 0) is 6.42 Å². The molecule has 0 amide bonds. The first-order valence-electron chi connectivity index (χ1n) is 8.07. The average molecular weight is 309 g/mol. The zero-order valence-electron chi connectivity index (χ0n) is 13.8. The summed E-state index contributed by atoms with van der Waals surface area (Å²) < 4.78 is 0. The standard InChI is InChI=1S/C18H29ClN2/c1-13(20)12-15-16(19)6-5-7-17(15)21-10-8-14(9-11-21)18(2,3)4/h5-7,13-14H,8-12,20H2,1-4H3. The largest absolute Gasteiger partial charge is 0.371 e. The Labute approximate surface area is 134 Å². The minimum Gasteiger partial charge on any atom is -0.371 e. The third-order valence-electron chi connectivity index (χ3n) is 4.68. The van der Waals surface area contributed by atoms with Crippen LogP contribution in [0.15, 0.2) is 18.2 Å². The number of nitrogens with two attached hydrogens (primary N) is 1. The molecule has 1 saturated heterocycles. The molecule has 0 radical (unpaired) electrons. The van der Waals surface area contributed by atoms with E-state index in [4.69, 9.17) is 17.3 Å². The molecule has 1 atom stereocenters. The average Bonchev–Trinajstić information content (AvgIpc) is 2.40. The molecule has 1 aliphatic heterocycles. The van der Waals surface area contributed by atoms with Crippen LogP contribution in [0.1, 0.15) is 46.1 Å². The normalized spacial score (nSPS) is 18.9. The molecule has 21 heavy (non-hydrogen) atoms. The van der Waals surface area contributed by atoms with Crippen LogP contribution in [0.2, 0.25) is 5.02 Å². The SMILES string of the molecule is CC(N)Cc1c(Cl)cccc1N1CCC(C(C)(C)C)CC1. The van der Waals surface area contributed by atoms with E-state index in [9.17, 15) is 0 Å². The van der Waals surface area contributed by atoms with E-state index < -0.39 is 0 Å². The first kappa shape index (κ1) is 16.6. The molecule has 0 aliphatic carbocycles. The summed E-state index contributed by atoms with van der Waals surface area (Å²) >= 11 is 6.41. The van der Waals surface area contributed by atoms with E-state index >= 15 is 0 Å². The Hall–Kier alpha value is -0.730. The number of benzene rings is 1. The van der Waals surface area contributed by atoms with Gasteiger partial charge in [-0.3, -0.25) is 0 Å². The van der Waals surface area contributed by atoms with Crippen molar-refractivity contribution in [3.63, 3.8) is 0 Å². The van der Waals surface area contributed by atoms with Crippen LogP contribution in [0.25, 0.3) is 0 Å². The van der Waals surface area contributed by atoms with Gasteiger partial charge in [0.1, 0.15) is 0 Å². The third-order valence-corrected chi connectivity index (χ3v) is 5.03. The van der Waals surface area contributed by atoms with Gasteiger partial charge in [0.2, 0.25) is 0 Å². The second-order valence-corrected chi connectivity index (χ2v) is 7.95. The molecular weight excluding hydrogens is 280 g/mol. The lowest BCUT2D eigenvalue weighted by molar-refractivity contribution is 0.199. The molecule has 2 nitrogen and oxygen atoms in total. The van der Waals surface area contributed by atoms with Gasteiger partial charge in [-0.1, -0.05) is 38.4 Å². The fraction of sp³-hybridized carbons (Fsp3) is 0.667. The van der Waals surface area contributed by atoms with E-state index in [0.717, 1.165) is 30.5 Å². The lowest BCUT2D eigenvalue weighted by Gasteiger charge is -2.40. The van der Waals surface area contributed by atoms with E-state index in [1.807, 2.05) is 13.0 Å². The zero-order valence-corrected chi connectivity index (χ0v) is 14.6. The van der Waals surface area contributed by atoms with Gasteiger partial charge in [0.25, 0.3) is 0 Å². The third kappa shape index (κ3) is 4.14. The molecule has 1 unspecified atom stereocenters. The van der Waals surface area contributed by atoms with Gasteiger partial charge >= 0.3 is 0 Å². The summed E-state index contributed by atoms with van der Waals surface area (Å²) in [6.07, 6.45) is 3.36. The van der Waals surface area contributed by atoms with Crippen molar-refractivity contribution in [3.05, 3.63) is 28.8 Å². The predicted octanol–water partition coefficient (Wildman–Crippen LogP) is 4.49. The maximum atomic E-state index is 6.41. The molecule has 1 heterocycles. The topological polar surface area (TPSA) is 29.3 Å². The summed E-state index contributed by atoms with van der Waals surface area (Å²) in [4.78, 5) is 2.49. The fourth-order valence-electron chi connectivity index (χ4n) is 3.35. The van der Waals surface area contributed by atoms with Crippen LogP contribution in [0.3, 0.4) is 0 Å². The highest BCUT2D eigenvalue weighted by Crippen LogP contribution is 2.37. The summed E-state index contributed by atoms with van der Waals surface area (Å²) in [5.74, 6) is 0.810. The van der Waals surface area contributed by atoms with Crippen LogP contribution >= 0.6 is 11.6 Å². The molecule has 118 valence electrons. The highest BCUT2D eigenvalue weighted by Gasteiger charge is 2.29. The van der Waals surface area contributed by atoms with Crippen molar-refractivity contribution < 1.29 is 0 Å². The van der Waals surface area contributed by atoms with E-state index in [-0.39, 0.29) is 6.04 Å². The molecule has 2 rings (SSSR count). The number of hydrogen-bond acceptors (Lipinski definition) is 2. The number of hydrogen-bond donors (Lipinski definition) is 1. The quantitative estimate of drug-likeness (QED) is 0.891. The van der Waals surface area contributed by atoms with E-state index in [0.29, 0.717) is 5.41 Å². The van der Waals surface area contributed by atoms with Gasteiger partial charge in [0.15, 0.2) is 0 Å². The Balaban J connectivity index is 2.15. The van der Waals surface area contributed by atoms with Gasteiger partial charge in [-0.05, 0) is 55.2 Å². The van der Waals surface area contributed by atoms with Crippen molar-refractivity contribution in [2.24, 2.45) is 17.1 Å². The molecule has 1 aromatic carbocycles. The lowest BCUT2D eigenvalue weighted by atomic mass is 9.75. The van der Waals surface area contributed by atoms with Crippen LogP contribution < -0.4 is 10.6 Å². The number of nitrogens with zero attached hydrogens (tertiary/aromatic N) is 1. The van der Waals surface area contributed by atoms with Crippen LogP contribution in [-0.4, -0.2) is 19.1 Å². The van der Waals surface area contributed by atoms with Gasteiger partial charge < -0.3 is 10.6 Å². The monoisotopic (exact) mass is 308 g/mol. The van der Waals surface area contributed by atoms with Gasteiger partial charge in [-0.2, -0.15) is 0 Å². The first-order valence-corrected chi connectivity index (χ1v) is 8.44. The maximum absolute atomic E-state index is 6.41. The van der Waals surface area contributed by atoms with Crippen molar-refractivity contribution in [2.75, 3.05) is 18.0 Å². The van der Waals surface area contributed by atoms with Crippen LogP contribution in [0.5, 0.6) is 0 Å². The maximum Gasteiger partial charge on any atom is 0.0459 e. The minimum atomic E-state index is 0.135. The summed E-state index contributed by atoms with van der Waals surface area (Å²) in [5.41, 5.74) is 8.90. The number of halogens is 1. The molecule has 0 aromatic heterocycles. The van der Waals surface area contributed by atoms with Gasteiger partial charge in [-0.15, -0.1) is 0 Å². The molecule has 1 fully saturated rings. The lowest BCUT2D eigenvalue weighted by Crippen LogP contribution is -2.38. The Kier molecular flexibility index (Phi) is 5.21. The summed E-state index contributed by atoms with van der Waals surface area (Å²) in [7, 11) is 0. The summed E-state index contributed by atoms with van der Waals surface area (Å²) in [6, 6.07) is 6.36. The Morgan fingerprint density at radius 1 is 1.29 bits per heavy atom. The van der Waals surface area contributed by atoms with Gasteiger partial charge in [0, 0.05) is 29.8 Å². The second kappa shape index (κ2) is 6.58. The van der Waals surface area contributed by atoms with Gasteiger partial charge in [-0.25, -0.2) is 0 Å². The van der Waals surface area contributed by atoms with Crippen molar-refractivity contribution in [1.29, 1.82) is 0 Å². The molecule has 1 aliphatic rings. The highest BCUT2D eigenvalue weighted by molar-refractivity contribution is 6.31. The van der Waals surface area contributed by atoms with Crippen molar-refractivity contribution >= 4 is 17.3 Å². The first-order chi connectivity index (χ1) is 9.79. The van der Waals surface area contributed by atoms with Crippen LogP contribution in [0.4, 0.5) is 5.69 Å². The van der Waals surface area contributed by atoms with Crippen molar-refractivity contribution in [3.8, 4) is 0 Å². The van der Waals surface area contributed by atoms with E-state index in [1.165, 1.54) is 24.1 Å². The molecule has 0 bridgehead atoms. The van der Waals surface area contributed by atoms with E-state index in [2.05, 4.69) is 37.8 Å². The van der Waals surface area contributed by atoms with E-state index in [1.54, 1.807) is 0 Å². The molecule has 3 heteroatoms. The highest BCUT2D eigenvalue weighted by atomic mass is 35.5. The number of piperidine rings is 1. The molecule has 2 N–H and O–H groups in total. The molecule has 0 spiro atoms. The van der Waals surface area contributed by atoms with Crippen molar-refractivity contribution in [1.82, 2.24) is 0 Å². The fourth-order valence-corrected chi connectivity index (χ4v) is 3.60. The Morgan fingerprint density at radius 2 is 1.90 bits per heavy atom. The Bertz CT molecular complexity index is 469. The summed E-state index contributed by atoms with van der Waals surface area (Å²) in [5, 5.41) is 0.850. The molecule has 1 aromatic rings. The minimum absolute atomic E-state index is 0.135. The second-order valence-electron chi connectivity index (χ2n) is 7.55. The number of rotatable bonds is 3. The molecule has 0 saturated carbocycles. The number of anilines is 1. The smallest absolute Gasteiger partial charge is 0.0459 e. The van der Waals surface area contributed by atoms with Crippen LogP contribution in [0, 0.1) is 11.3 Å². The summed E-state index contributed by atoms with van der Waals surface area (Å²) in [6.45, 7) is 11.3. The van der Waals surface area contributed by atoms with Crippen molar-refractivity contribution in [2.45, 2.75) is 53.0 Å². The Morgan fingerprint density at radius 3 is 2.43 bits per heavy atom. The molecular formula is C18H29ClN2. The van der Waals surface area contributed by atoms with Gasteiger partial charge in [0.05, 0.1) is 0 Å². The zero-order chi connectivity index (χ0) is 15.6.